The molecule has 3 aromatic rings. The van der Waals surface area contributed by atoms with Crippen LogP contribution in [0.2, 0.25) is 0 Å². The van der Waals surface area contributed by atoms with E-state index in [9.17, 15) is 9.59 Å². The molecule has 0 saturated carbocycles. The lowest BCUT2D eigenvalue weighted by Crippen LogP contribution is -2.30. The van der Waals surface area contributed by atoms with E-state index in [-0.39, 0.29) is 5.91 Å². The molecule has 0 saturated heterocycles. The Labute approximate surface area is 138 Å². The van der Waals surface area contributed by atoms with Crippen LogP contribution in [0.1, 0.15) is 12.5 Å². The maximum absolute atomic E-state index is 12.2. The Kier molecular flexibility index (Phi) is 4.33. The van der Waals surface area contributed by atoms with Gasteiger partial charge in [-0.25, -0.2) is 4.79 Å². The summed E-state index contributed by atoms with van der Waals surface area (Å²) in [5.41, 5.74) is 1.83. The third-order valence-electron chi connectivity index (χ3n) is 3.60. The second kappa shape index (κ2) is 6.58. The normalized spacial score (nSPS) is 11.9. The number of fused-ring (bicyclic) bond motifs is 1. The van der Waals surface area contributed by atoms with E-state index in [1.807, 2.05) is 31.2 Å². The SMILES string of the molecule is Cc1ccc(NC(=O)[C@@H](C)Oc2ccc3ccc(=O)oc3c2)cc1. The van der Waals surface area contributed by atoms with Crippen LogP contribution in [0, 0.1) is 6.92 Å². The topological polar surface area (TPSA) is 68.5 Å². The number of nitrogens with one attached hydrogen (secondary N) is 1. The van der Waals surface area contributed by atoms with Crippen LogP contribution >= 0.6 is 0 Å². The van der Waals surface area contributed by atoms with Gasteiger partial charge in [0.05, 0.1) is 0 Å². The maximum atomic E-state index is 12.2. The molecule has 0 radical (unpaired) electrons. The van der Waals surface area contributed by atoms with Crippen molar-refractivity contribution in [1.82, 2.24) is 0 Å². The van der Waals surface area contributed by atoms with Crippen molar-refractivity contribution in [3.05, 3.63) is 70.6 Å². The highest BCUT2D eigenvalue weighted by Gasteiger charge is 2.15. The van der Waals surface area contributed by atoms with E-state index in [2.05, 4.69) is 5.32 Å². The van der Waals surface area contributed by atoms with Crippen molar-refractivity contribution in [2.24, 2.45) is 0 Å². The molecule has 1 amide bonds. The molecule has 122 valence electrons. The van der Waals surface area contributed by atoms with Crippen molar-refractivity contribution in [2.45, 2.75) is 20.0 Å². The van der Waals surface area contributed by atoms with Gasteiger partial charge in [-0.05, 0) is 44.2 Å². The van der Waals surface area contributed by atoms with Crippen molar-refractivity contribution in [3.63, 3.8) is 0 Å². The molecule has 1 aromatic heterocycles. The summed E-state index contributed by atoms with van der Waals surface area (Å²) in [5.74, 6) is 0.205. The molecule has 5 heteroatoms. The molecule has 0 unspecified atom stereocenters. The average molecular weight is 323 g/mol. The summed E-state index contributed by atoms with van der Waals surface area (Å²) >= 11 is 0. The van der Waals surface area contributed by atoms with E-state index in [0.717, 1.165) is 10.9 Å². The van der Waals surface area contributed by atoms with Crippen LogP contribution < -0.4 is 15.7 Å². The molecule has 1 atom stereocenters. The number of hydrogen-bond acceptors (Lipinski definition) is 4. The van der Waals surface area contributed by atoms with Crippen LogP contribution in [0.4, 0.5) is 5.69 Å². The minimum Gasteiger partial charge on any atom is -0.481 e. The van der Waals surface area contributed by atoms with Crippen molar-refractivity contribution < 1.29 is 13.9 Å². The predicted molar refractivity (Wildman–Crippen MR) is 92.4 cm³/mol. The second-order valence-electron chi connectivity index (χ2n) is 5.57. The van der Waals surface area contributed by atoms with Crippen molar-refractivity contribution in [3.8, 4) is 5.75 Å². The van der Waals surface area contributed by atoms with Gasteiger partial charge in [0.25, 0.3) is 5.91 Å². The largest absolute Gasteiger partial charge is 0.481 e. The Morgan fingerprint density at radius 2 is 1.79 bits per heavy atom. The molecule has 0 aliphatic carbocycles. The molecule has 0 bridgehead atoms. The molecule has 24 heavy (non-hydrogen) atoms. The van der Waals surface area contributed by atoms with Crippen molar-refractivity contribution in [2.75, 3.05) is 5.32 Å². The zero-order valence-electron chi connectivity index (χ0n) is 13.4. The Morgan fingerprint density at radius 3 is 2.54 bits per heavy atom. The molecular weight excluding hydrogens is 306 g/mol. The number of benzene rings is 2. The number of hydrogen-bond donors (Lipinski definition) is 1. The van der Waals surface area contributed by atoms with Crippen LogP contribution in [0.25, 0.3) is 11.0 Å². The lowest BCUT2D eigenvalue weighted by atomic mass is 10.2. The monoisotopic (exact) mass is 323 g/mol. The summed E-state index contributed by atoms with van der Waals surface area (Å²) in [6.07, 6.45) is -0.695. The molecule has 2 aromatic carbocycles. The van der Waals surface area contributed by atoms with E-state index in [1.165, 1.54) is 6.07 Å². The third-order valence-corrected chi connectivity index (χ3v) is 3.60. The van der Waals surface area contributed by atoms with Gasteiger partial charge in [-0.2, -0.15) is 0 Å². The van der Waals surface area contributed by atoms with Gasteiger partial charge in [0.1, 0.15) is 11.3 Å². The molecule has 0 fully saturated rings. The highest BCUT2D eigenvalue weighted by Crippen LogP contribution is 2.21. The molecule has 1 heterocycles. The highest BCUT2D eigenvalue weighted by molar-refractivity contribution is 5.94. The quantitative estimate of drug-likeness (QED) is 0.746. The van der Waals surface area contributed by atoms with Gasteiger partial charge < -0.3 is 14.5 Å². The summed E-state index contributed by atoms with van der Waals surface area (Å²) in [6, 6.07) is 15.7. The molecule has 0 aliphatic heterocycles. The number of ether oxygens (including phenoxy) is 1. The summed E-state index contributed by atoms with van der Waals surface area (Å²) in [5, 5.41) is 3.59. The van der Waals surface area contributed by atoms with E-state index < -0.39 is 11.7 Å². The van der Waals surface area contributed by atoms with Gasteiger partial charge in [0, 0.05) is 23.2 Å². The van der Waals surface area contributed by atoms with Gasteiger partial charge in [-0.15, -0.1) is 0 Å². The van der Waals surface area contributed by atoms with Gasteiger partial charge in [-0.3, -0.25) is 4.79 Å². The summed E-state index contributed by atoms with van der Waals surface area (Å²) in [6.45, 7) is 3.64. The number of anilines is 1. The lowest BCUT2D eigenvalue weighted by molar-refractivity contribution is -0.122. The molecule has 3 rings (SSSR count). The first kappa shape index (κ1) is 15.8. The molecule has 1 N–H and O–H groups in total. The number of amides is 1. The van der Waals surface area contributed by atoms with Crippen molar-refractivity contribution >= 4 is 22.6 Å². The zero-order chi connectivity index (χ0) is 17.1. The fraction of sp³-hybridized carbons (Fsp3) is 0.158. The first-order valence-electron chi connectivity index (χ1n) is 7.59. The van der Waals surface area contributed by atoms with Crippen molar-refractivity contribution in [1.29, 1.82) is 0 Å². The Morgan fingerprint density at radius 1 is 1.08 bits per heavy atom. The minimum atomic E-state index is -0.695. The molecule has 5 nitrogen and oxygen atoms in total. The van der Waals surface area contributed by atoms with Gasteiger partial charge >= 0.3 is 5.63 Å². The summed E-state index contributed by atoms with van der Waals surface area (Å²) < 4.78 is 10.8. The van der Waals surface area contributed by atoms with E-state index in [0.29, 0.717) is 17.0 Å². The lowest BCUT2D eigenvalue weighted by Gasteiger charge is -2.15. The van der Waals surface area contributed by atoms with E-state index in [4.69, 9.17) is 9.15 Å². The number of carbonyl (C=O) groups excluding carboxylic acids is 1. The van der Waals surface area contributed by atoms with Crippen LogP contribution in [0.3, 0.4) is 0 Å². The van der Waals surface area contributed by atoms with Gasteiger partial charge in [0.2, 0.25) is 0 Å². The molecule has 0 aliphatic rings. The van der Waals surface area contributed by atoms with Crippen LogP contribution in [-0.4, -0.2) is 12.0 Å². The second-order valence-corrected chi connectivity index (χ2v) is 5.57. The van der Waals surface area contributed by atoms with Crippen LogP contribution in [0.15, 0.2) is 63.8 Å². The smallest absolute Gasteiger partial charge is 0.336 e. The molecular formula is C19H17NO4. The third kappa shape index (κ3) is 3.63. The Hall–Kier alpha value is -3.08. The standard InChI is InChI=1S/C19H17NO4/c1-12-3-7-15(8-4-12)20-19(22)13(2)23-16-9-5-14-6-10-18(21)24-17(14)11-16/h3-11,13H,1-2H3,(H,20,22)/t13-/m1/s1. The van der Waals surface area contributed by atoms with Crippen LogP contribution in [-0.2, 0) is 4.79 Å². The number of rotatable bonds is 4. The molecule has 0 spiro atoms. The fourth-order valence-corrected chi connectivity index (χ4v) is 2.25. The zero-order valence-corrected chi connectivity index (χ0v) is 13.4. The fourth-order valence-electron chi connectivity index (χ4n) is 2.25. The summed E-state index contributed by atoms with van der Waals surface area (Å²) in [4.78, 5) is 23.5. The number of aryl methyl sites for hydroxylation is 1. The Bertz CT molecular complexity index is 928. The summed E-state index contributed by atoms with van der Waals surface area (Å²) in [7, 11) is 0. The maximum Gasteiger partial charge on any atom is 0.336 e. The highest BCUT2D eigenvalue weighted by atomic mass is 16.5. The van der Waals surface area contributed by atoms with Gasteiger partial charge in [-0.1, -0.05) is 17.7 Å². The van der Waals surface area contributed by atoms with E-state index >= 15 is 0 Å². The predicted octanol–water partition coefficient (Wildman–Crippen LogP) is 3.51. The first-order valence-corrected chi connectivity index (χ1v) is 7.59. The van der Waals surface area contributed by atoms with E-state index in [1.54, 1.807) is 31.2 Å². The minimum absolute atomic E-state index is 0.256. The van der Waals surface area contributed by atoms with Gasteiger partial charge in [0.15, 0.2) is 6.10 Å². The average Bonchev–Trinajstić information content (AvgIpc) is 2.56. The Balaban J connectivity index is 1.71. The number of carbonyl (C=O) groups is 1. The van der Waals surface area contributed by atoms with Crippen LogP contribution in [0.5, 0.6) is 5.75 Å². The first-order chi connectivity index (χ1) is 11.5.